The smallest absolute Gasteiger partial charge is 0.188 e. The number of hydrogen-bond acceptors (Lipinski definition) is 2. The van der Waals surface area contributed by atoms with E-state index in [9.17, 15) is 0 Å². The molecule has 0 unspecified atom stereocenters. The largest absolute Gasteiger partial charge is 0.473 e. The number of H-pyrrole nitrogens is 2. The Bertz CT molecular complexity index is 579. The number of nitriles is 1. The van der Waals surface area contributed by atoms with E-state index in [1.54, 1.807) is 67.9 Å². The maximum atomic E-state index is 8.88. The Hall–Kier alpha value is -3.13. The highest BCUT2D eigenvalue weighted by Crippen LogP contribution is 1.78. The van der Waals surface area contributed by atoms with Crippen molar-refractivity contribution in [3.8, 4) is 6.19 Å². The first-order valence-electron chi connectivity index (χ1n) is 5.92. The van der Waals surface area contributed by atoms with Gasteiger partial charge >= 0.3 is 0 Å². The third kappa shape index (κ3) is 8.03. The second kappa shape index (κ2) is 11.0. The lowest BCUT2D eigenvalue weighted by Crippen LogP contribution is -1.82. The van der Waals surface area contributed by atoms with E-state index in [1.165, 1.54) is 4.57 Å². The average Bonchev–Trinajstić information content (AvgIpc) is 2.47. The Morgan fingerprint density at radius 2 is 1.30 bits per heavy atom. The van der Waals surface area contributed by atoms with E-state index < -0.39 is 0 Å². The molecule has 0 fully saturated rings. The molecule has 0 aliphatic heterocycles. The summed E-state index contributed by atoms with van der Waals surface area (Å²) in [7, 11) is 0. The molecule has 1 aromatic heterocycles. The van der Waals surface area contributed by atoms with Crippen molar-refractivity contribution >= 4 is 0 Å². The van der Waals surface area contributed by atoms with Crippen molar-refractivity contribution in [3.05, 3.63) is 86.1 Å². The summed E-state index contributed by atoms with van der Waals surface area (Å²) < 4.78 is 6.45. The fourth-order valence-electron chi connectivity index (χ4n) is 1.05. The van der Waals surface area contributed by atoms with Crippen molar-refractivity contribution in [3.63, 3.8) is 0 Å². The first-order valence-corrected chi connectivity index (χ1v) is 5.92. The van der Waals surface area contributed by atoms with Crippen molar-refractivity contribution in [1.29, 1.82) is 5.26 Å². The van der Waals surface area contributed by atoms with Crippen LogP contribution in [-0.4, -0.2) is 14.5 Å². The molecule has 20 heavy (non-hydrogen) atoms. The Kier molecular flexibility index (Phi) is 8.20. The van der Waals surface area contributed by atoms with E-state index in [0.717, 1.165) is 0 Å². The highest BCUT2D eigenvalue weighted by Gasteiger charge is 1.70. The fraction of sp³-hybridized carbons (Fsp3) is 0. The quantitative estimate of drug-likeness (QED) is 0.755. The summed E-state index contributed by atoms with van der Waals surface area (Å²) in [5.74, 6) is 0. The van der Waals surface area contributed by atoms with Crippen LogP contribution in [-0.2, 0) is 0 Å². The lowest BCUT2D eigenvalue weighted by molar-refractivity contribution is 0.554. The summed E-state index contributed by atoms with van der Waals surface area (Å²) in [4.78, 5) is 5.81. The molecule has 0 aromatic carbocycles. The molecule has 5 heteroatoms. The van der Waals surface area contributed by atoms with E-state index in [0.29, 0.717) is 0 Å². The second-order valence-corrected chi connectivity index (χ2v) is 3.37. The van der Waals surface area contributed by atoms with Crippen LogP contribution in [0, 0.1) is 11.5 Å². The SMILES string of the molecule is N#Cn1cc[nH]ccccccocccc[nH]cc1. The molecule has 0 amide bonds. The first kappa shape index (κ1) is 14.9. The van der Waals surface area contributed by atoms with Gasteiger partial charge in [0.05, 0.1) is 12.5 Å². The molecule has 0 bridgehead atoms. The molecule has 0 radical (unpaired) electrons. The minimum absolute atomic E-state index is 1.35. The molecule has 0 spiro atoms. The van der Waals surface area contributed by atoms with Gasteiger partial charge in [-0.15, -0.1) is 0 Å². The normalized spacial score (nSPS) is 7.95. The molecule has 102 valence electrons. The van der Waals surface area contributed by atoms with E-state index >= 15 is 0 Å². The minimum Gasteiger partial charge on any atom is -0.473 e. The third-order valence-electron chi connectivity index (χ3n) is 1.92. The van der Waals surface area contributed by atoms with Crippen LogP contribution in [0.25, 0.3) is 0 Å². The third-order valence-corrected chi connectivity index (χ3v) is 1.92. The van der Waals surface area contributed by atoms with Crippen LogP contribution in [0.3, 0.4) is 0 Å². The number of nitrogens with one attached hydrogen (secondary N) is 2. The van der Waals surface area contributed by atoms with Gasteiger partial charge in [0.15, 0.2) is 6.19 Å². The molecule has 1 aromatic rings. The summed E-state index contributed by atoms with van der Waals surface area (Å²) in [6, 6.07) is 10.8. The molecule has 0 atom stereocenters. The van der Waals surface area contributed by atoms with Crippen LogP contribution >= 0.6 is 0 Å². The summed E-state index contributed by atoms with van der Waals surface area (Å²) in [5, 5.41) is 8.88. The van der Waals surface area contributed by atoms with E-state index in [2.05, 4.69) is 9.97 Å². The molecule has 0 saturated carbocycles. The van der Waals surface area contributed by atoms with Gasteiger partial charge < -0.3 is 14.4 Å². The van der Waals surface area contributed by atoms with E-state index in [1.807, 2.05) is 24.4 Å². The molecule has 5 nitrogen and oxygen atoms in total. The van der Waals surface area contributed by atoms with Crippen molar-refractivity contribution in [2.75, 3.05) is 0 Å². The zero-order chi connectivity index (χ0) is 14.3. The molecule has 0 aliphatic carbocycles. The van der Waals surface area contributed by atoms with Crippen molar-refractivity contribution in [1.82, 2.24) is 14.5 Å². The Labute approximate surface area is 117 Å². The molecule has 0 saturated heterocycles. The molecule has 1 rings (SSSR count). The standard InChI is InChI=1S/C15H16N4O/c16-15-19-11-9-17-7-3-1-2-5-13-20-14-6-4-8-18-10-12-19/h1-14,17-18H. The van der Waals surface area contributed by atoms with Gasteiger partial charge in [-0.3, -0.25) is 4.57 Å². The number of aromatic nitrogens is 3. The molecule has 0 aliphatic rings. The van der Waals surface area contributed by atoms with Gasteiger partial charge in [-0.1, -0.05) is 12.1 Å². The predicted molar refractivity (Wildman–Crippen MR) is 76.9 cm³/mol. The van der Waals surface area contributed by atoms with Crippen LogP contribution in [0.1, 0.15) is 0 Å². The summed E-state index contributed by atoms with van der Waals surface area (Å²) in [5.41, 5.74) is 0. The second-order valence-electron chi connectivity index (χ2n) is 3.37. The zero-order valence-electron chi connectivity index (χ0n) is 10.9. The number of aromatic amines is 2. The molecular weight excluding hydrogens is 252 g/mol. The monoisotopic (exact) mass is 268 g/mol. The van der Waals surface area contributed by atoms with Crippen molar-refractivity contribution < 1.29 is 4.42 Å². The van der Waals surface area contributed by atoms with Gasteiger partial charge in [-0.05, 0) is 24.3 Å². The minimum atomic E-state index is 1.35. The van der Waals surface area contributed by atoms with E-state index in [-0.39, 0.29) is 0 Å². The summed E-state index contributed by atoms with van der Waals surface area (Å²) in [6.07, 6.45) is 15.1. The van der Waals surface area contributed by atoms with Gasteiger partial charge in [0.2, 0.25) is 0 Å². The van der Waals surface area contributed by atoms with Crippen LogP contribution in [0.4, 0.5) is 0 Å². The van der Waals surface area contributed by atoms with Crippen molar-refractivity contribution in [2.24, 2.45) is 0 Å². The number of hydrogen-bond donors (Lipinski definition) is 2. The van der Waals surface area contributed by atoms with Gasteiger partial charge in [-0.2, -0.15) is 5.26 Å². The molecular formula is C15H16N4O. The highest BCUT2D eigenvalue weighted by atomic mass is 16.3. The van der Waals surface area contributed by atoms with Gasteiger partial charge in [0.25, 0.3) is 0 Å². The van der Waals surface area contributed by atoms with Crippen molar-refractivity contribution in [2.45, 2.75) is 0 Å². The topological polar surface area (TPSA) is 73.4 Å². The number of nitrogens with zero attached hydrogens (tertiary/aromatic N) is 2. The molecule has 2 N–H and O–H groups in total. The Morgan fingerprint density at radius 1 is 0.750 bits per heavy atom. The maximum Gasteiger partial charge on any atom is 0.188 e. The van der Waals surface area contributed by atoms with Crippen LogP contribution in [0.15, 0.2) is 90.5 Å². The Morgan fingerprint density at radius 3 is 1.95 bits per heavy atom. The first-order chi connectivity index (χ1) is 9.93. The van der Waals surface area contributed by atoms with Crippen LogP contribution in [0.2, 0.25) is 0 Å². The summed E-state index contributed by atoms with van der Waals surface area (Å²) >= 11 is 0. The Balaban J connectivity index is 3.19. The van der Waals surface area contributed by atoms with Crippen LogP contribution in [0.5, 0.6) is 0 Å². The van der Waals surface area contributed by atoms with Gasteiger partial charge in [-0.25, -0.2) is 0 Å². The fourth-order valence-corrected chi connectivity index (χ4v) is 1.05. The molecule has 1 heterocycles. The van der Waals surface area contributed by atoms with E-state index in [4.69, 9.17) is 9.68 Å². The maximum absolute atomic E-state index is 8.88. The zero-order valence-corrected chi connectivity index (χ0v) is 10.9. The predicted octanol–water partition coefficient (Wildman–Crippen LogP) is 3.56. The highest BCUT2D eigenvalue weighted by molar-refractivity contribution is 4.89. The average molecular weight is 268 g/mol. The van der Waals surface area contributed by atoms with Gasteiger partial charge in [0, 0.05) is 37.2 Å². The lowest BCUT2D eigenvalue weighted by Gasteiger charge is -1.84. The lowest BCUT2D eigenvalue weighted by atomic mass is 10.5. The van der Waals surface area contributed by atoms with Gasteiger partial charge in [0.1, 0.15) is 0 Å². The number of rotatable bonds is 0. The van der Waals surface area contributed by atoms with Crippen LogP contribution < -0.4 is 0 Å². The summed E-state index contributed by atoms with van der Waals surface area (Å²) in [6.45, 7) is 0.